The fourth-order valence-corrected chi connectivity index (χ4v) is 3.04. The maximum Gasteiger partial charge on any atom is 0.220 e. The summed E-state index contributed by atoms with van der Waals surface area (Å²) < 4.78 is 0. The fraction of sp³-hybridized carbons (Fsp3) is 0.667. The highest BCUT2D eigenvalue weighted by Crippen LogP contribution is 2.25. The van der Waals surface area contributed by atoms with Gasteiger partial charge in [0.1, 0.15) is 0 Å². The summed E-state index contributed by atoms with van der Waals surface area (Å²) >= 11 is 0. The Morgan fingerprint density at radius 1 is 0.900 bits per heavy atom. The summed E-state index contributed by atoms with van der Waals surface area (Å²) in [5.74, 6) is 0.0152. The van der Waals surface area contributed by atoms with Crippen molar-refractivity contribution in [3.05, 3.63) is 48.6 Å². The number of nitrogens with one attached hydrogen (secondary N) is 1. The standard InChI is InChI=1S/C27H47NO2/c1-5-6-7-19-22-27(3,4)23-20-17-15-13-11-9-8-10-12-14-16-18-21-26(30)28-24-25(2)29/h8-9,12-15,20,23,25,29H,5-7,10-11,16-19,21-22,24H2,1-4H3,(H,28,30)/b9-8-,14-12-,15-13-,23-20-/t25-/m0/s1. The molecule has 0 heterocycles. The van der Waals surface area contributed by atoms with Gasteiger partial charge in [0.2, 0.25) is 5.91 Å². The summed E-state index contributed by atoms with van der Waals surface area (Å²) in [5.41, 5.74) is 0.315. The third-order valence-electron chi connectivity index (χ3n) is 4.93. The first-order valence-electron chi connectivity index (χ1n) is 11.9. The molecule has 0 aliphatic heterocycles. The number of allylic oxidation sites excluding steroid dienone is 8. The van der Waals surface area contributed by atoms with Crippen LogP contribution in [0.2, 0.25) is 0 Å². The summed E-state index contributed by atoms with van der Waals surface area (Å²) in [6.07, 6.45) is 29.2. The predicted molar refractivity (Wildman–Crippen MR) is 131 cm³/mol. The van der Waals surface area contributed by atoms with Crippen molar-refractivity contribution in [3.8, 4) is 0 Å². The zero-order valence-corrected chi connectivity index (χ0v) is 20.0. The van der Waals surface area contributed by atoms with Crippen LogP contribution in [0.15, 0.2) is 48.6 Å². The van der Waals surface area contributed by atoms with Crippen molar-refractivity contribution in [1.29, 1.82) is 0 Å². The molecular weight excluding hydrogens is 370 g/mol. The fourth-order valence-electron chi connectivity index (χ4n) is 3.04. The number of hydrogen-bond donors (Lipinski definition) is 2. The molecular formula is C27H47NO2. The van der Waals surface area contributed by atoms with Crippen LogP contribution in [-0.2, 0) is 4.79 Å². The van der Waals surface area contributed by atoms with E-state index in [1.165, 1.54) is 32.1 Å². The number of hydrogen-bond acceptors (Lipinski definition) is 2. The average Bonchev–Trinajstić information content (AvgIpc) is 2.70. The Morgan fingerprint density at radius 3 is 2.10 bits per heavy atom. The molecule has 172 valence electrons. The summed E-state index contributed by atoms with van der Waals surface area (Å²) in [6, 6.07) is 0. The lowest BCUT2D eigenvalue weighted by molar-refractivity contribution is -0.121. The van der Waals surface area contributed by atoms with Crippen molar-refractivity contribution in [1.82, 2.24) is 5.32 Å². The van der Waals surface area contributed by atoms with Crippen molar-refractivity contribution in [2.24, 2.45) is 5.41 Å². The van der Waals surface area contributed by atoms with Gasteiger partial charge in [-0.05, 0) is 50.9 Å². The molecule has 2 N–H and O–H groups in total. The number of amides is 1. The summed E-state index contributed by atoms with van der Waals surface area (Å²) in [6.45, 7) is 8.93. The molecule has 0 unspecified atom stereocenters. The molecule has 0 aromatic carbocycles. The Balaban J connectivity index is 3.70. The van der Waals surface area contributed by atoms with E-state index >= 15 is 0 Å². The third kappa shape index (κ3) is 21.1. The van der Waals surface area contributed by atoms with Crippen molar-refractivity contribution in [2.75, 3.05) is 6.54 Å². The predicted octanol–water partition coefficient (Wildman–Crippen LogP) is 7.05. The van der Waals surface area contributed by atoms with Crippen molar-refractivity contribution < 1.29 is 9.90 Å². The van der Waals surface area contributed by atoms with Crippen LogP contribution in [-0.4, -0.2) is 23.7 Å². The van der Waals surface area contributed by atoms with Gasteiger partial charge in [0.05, 0.1) is 6.10 Å². The van der Waals surface area contributed by atoms with Gasteiger partial charge >= 0.3 is 0 Å². The molecule has 0 rings (SSSR count). The number of unbranched alkanes of at least 4 members (excludes halogenated alkanes) is 4. The topological polar surface area (TPSA) is 49.3 Å². The molecule has 30 heavy (non-hydrogen) atoms. The van der Waals surface area contributed by atoms with E-state index in [0.717, 1.165) is 32.1 Å². The Labute approximate surface area is 186 Å². The van der Waals surface area contributed by atoms with Crippen LogP contribution in [0, 0.1) is 5.41 Å². The van der Waals surface area contributed by atoms with E-state index in [0.29, 0.717) is 18.4 Å². The van der Waals surface area contributed by atoms with Gasteiger partial charge in [0.25, 0.3) is 0 Å². The summed E-state index contributed by atoms with van der Waals surface area (Å²) in [4.78, 5) is 11.5. The molecule has 0 bridgehead atoms. The van der Waals surface area contributed by atoms with Crippen LogP contribution >= 0.6 is 0 Å². The number of carbonyl (C=O) groups excluding carboxylic acids is 1. The molecule has 0 aliphatic carbocycles. The van der Waals surface area contributed by atoms with Crippen LogP contribution in [0.3, 0.4) is 0 Å². The van der Waals surface area contributed by atoms with E-state index < -0.39 is 6.10 Å². The van der Waals surface area contributed by atoms with E-state index in [1.807, 2.05) is 0 Å². The smallest absolute Gasteiger partial charge is 0.220 e. The second-order valence-electron chi connectivity index (χ2n) is 8.87. The minimum Gasteiger partial charge on any atom is -0.392 e. The van der Waals surface area contributed by atoms with Crippen LogP contribution in [0.5, 0.6) is 0 Å². The number of aliphatic hydroxyl groups excluding tert-OH is 1. The van der Waals surface area contributed by atoms with Crippen molar-refractivity contribution in [3.63, 3.8) is 0 Å². The summed E-state index contributed by atoms with van der Waals surface area (Å²) in [7, 11) is 0. The Morgan fingerprint density at radius 2 is 1.50 bits per heavy atom. The molecule has 1 atom stereocenters. The first-order valence-corrected chi connectivity index (χ1v) is 11.9. The molecule has 0 saturated heterocycles. The van der Waals surface area contributed by atoms with E-state index in [1.54, 1.807) is 6.92 Å². The van der Waals surface area contributed by atoms with Crippen LogP contribution < -0.4 is 5.32 Å². The molecule has 0 saturated carbocycles. The first-order chi connectivity index (χ1) is 14.4. The zero-order chi connectivity index (χ0) is 22.5. The highest BCUT2D eigenvalue weighted by molar-refractivity contribution is 5.75. The van der Waals surface area contributed by atoms with Gasteiger partial charge < -0.3 is 10.4 Å². The van der Waals surface area contributed by atoms with Gasteiger partial charge in [0, 0.05) is 13.0 Å². The molecule has 3 nitrogen and oxygen atoms in total. The number of carbonyl (C=O) groups is 1. The van der Waals surface area contributed by atoms with Crippen LogP contribution in [0.4, 0.5) is 0 Å². The lowest BCUT2D eigenvalue weighted by Gasteiger charge is -2.19. The largest absolute Gasteiger partial charge is 0.392 e. The normalized spacial score (nSPS) is 13.9. The van der Waals surface area contributed by atoms with Gasteiger partial charge in [-0.3, -0.25) is 4.79 Å². The van der Waals surface area contributed by atoms with Crippen LogP contribution in [0.1, 0.15) is 98.3 Å². The number of aliphatic hydroxyl groups is 1. The monoisotopic (exact) mass is 417 g/mol. The molecule has 0 radical (unpaired) electrons. The Bertz CT molecular complexity index is 527. The molecule has 3 heteroatoms. The van der Waals surface area contributed by atoms with Gasteiger partial charge in [-0.25, -0.2) is 0 Å². The van der Waals surface area contributed by atoms with Crippen molar-refractivity contribution >= 4 is 5.91 Å². The van der Waals surface area contributed by atoms with Gasteiger partial charge in [-0.2, -0.15) is 0 Å². The quantitative estimate of drug-likeness (QED) is 0.185. The number of rotatable bonds is 18. The molecule has 0 spiro atoms. The SMILES string of the molecule is CCCCCCC(C)(C)/C=C\C/C=C\C/C=C\C/C=C\CCCC(=O)NC[C@H](C)O. The molecule has 1 amide bonds. The lowest BCUT2D eigenvalue weighted by Crippen LogP contribution is -2.30. The minimum absolute atomic E-state index is 0.0152. The maximum absolute atomic E-state index is 11.5. The van der Waals surface area contributed by atoms with Gasteiger partial charge in [-0.1, -0.05) is 95.1 Å². The molecule has 0 aromatic rings. The van der Waals surface area contributed by atoms with E-state index in [-0.39, 0.29) is 5.91 Å². The second kappa shape index (κ2) is 19.4. The highest BCUT2D eigenvalue weighted by Gasteiger charge is 2.12. The molecule has 0 aliphatic rings. The second-order valence-corrected chi connectivity index (χ2v) is 8.87. The van der Waals surface area contributed by atoms with E-state index in [9.17, 15) is 4.79 Å². The minimum atomic E-state index is -0.482. The average molecular weight is 418 g/mol. The third-order valence-corrected chi connectivity index (χ3v) is 4.93. The zero-order valence-electron chi connectivity index (χ0n) is 20.0. The highest BCUT2D eigenvalue weighted by atomic mass is 16.3. The van der Waals surface area contributed by atoms with E-state index in [2.05, 4.69) is 74.7 Å². The summed E-state index contributed by atoms with van der Waals surface area (Å²) in [5, 5.41) is 11.8. The Hall–Kier alpha value is -1.61. The van der Waals surface area contributed by atoms with Gasteiger partial charge in [0.15, 0.2) is 0 Å². The van der Waals surface area contributed by atoms with Crippen LogP contribution in [0.25, 0.3) is 0 Å². The van der Waals surface area contributed by atoms with Crippen molar-refractivity contribution in [2.45, 2.75) is 104 Å². The molecule has 0 fully saturated rings. The molecule has 0 aromatic heterocycles. The lowest BCUT2D eigenvalue weighted by atomic mass is 9.86. The Kier molecular flexibility index (Phi) is 18.3. The first kappa shape index (κ1) is 28.4. The van der Waals surface area contributed by atoms with Gasteiger partial charge in [-0.15, -0.1) is 0 Å². The van der Waals surface area contributed by atoms with E-state index in [4.69, 9.17) is 5.11 Å². The maximum atomic E-state index is 11.5.